The number of ether oxygens (including phenoxy) is 1. The van der Waals surface area contributed by atoms with Crippen molar-refractivity contribution < 1.29 is 13.9 Å². The first-order valence-corrected chi connectivity index (χ1v) is 11.3. The molecule has 1 saturated heterocycles. The van der Waals surface area contributed by atoms with E-state index in [0.717, 1.165) is 41.5 Å². The molecule has 1 aliphatic rings. The van der Waals surface area contributed by atoms with Crippen LogP contribution in [0.2, 0.25) is 0 Å². The van der Waals surface area contributed by atoms with Gasteiger partial charge < -0.3 is 9.64 Å². The van der Waals surface area contributed by atoms with E-state index in [9.17, 15) is 9.18 Å². The molecule has 0 bridgehead atoms. The lowest BCUT2D eigenvalue weighted by Crippen LogP contribution is -2.40. The fourth-order valence-electron chi connectivity index (χ4n) is 4.47. The van der Waals surface area contributed by atoms with Crippen molar-refractivity contribution in [3.63, 3.8) is 0 Å². The largest absolute Gasteiger partial charge is 0.454 e. The zero-order valence-electron chi connectivity index (χ0n) is 18.9. The number of likely N-dealkylation sites (tertiary alicyclic amines) is 1. The number of fused-ring (bicyclic) bond motifs is 1. The molecule has 1 amide bonds. The number of rotatable bonds is 5. The van der Waals surface area contributed by atoms with Crippen LogP contribution in [0.3, 0.4) is 0 Å². The molecular weight excluding hydrogens is 431 g/mol. The molecule has 1 unspecified atom stereocenters. The van der Waals surface area contributed by atoms with Crippen molar-refractivity contribution in [3.8, 4) is 22.8 Å². The standard InChI is InChI=1S/C27H25FN4O2/c1-3-25(33)31-15-5-7-20(17-31)32-23-13-14-29-16-22(23)27(30-32)19-9-11-21(12-10-19)34-24-8-4-6-18(2)26(24)28/h3-4,6,8-14,16,20H,1,5,7,15,17H2,2H3. The zero-order valence-corrected chi connectivity index (χ0v) is 18.9. The van der Waals surface area contributed by atoms with Gasteiger partial charge in [-0.3, -0.25) is 14.5 Å². The second kappa shape index (κ2) is 9.09. The van der Waals surface area contributed by atoms with Crippen LogP contribution in [-0.4, -0.2) is 38.7 Å². The molecule has 2 aromatic heterocycles. The van der Waals surface area contributed by atoms with Crippen LogP contribution in [0.25, 0.3) is 22.2 Å². The van der Waals surface area contributed by atoms with E-state index in [1.807, 2.05) is 46.1 Å². The first-order valence-electron chi connectivity index (χ1n) is 11.3. The van der Waals surface area contributed by atoms with Crippen molar-refractivity contribution in [2.75, 3.05) is 13.1 Å². The number of amides is 1. The predicted molar refractivity (Wildman–Crippen MR) is 129 cm³/mol. The topological polar surface area (TPSA) is 60.2 Å². The molecule has 1 aliphatic heterocycles. The Morgan fingerprint density at radius 1 is 1.21 bits per heavy atom. The highest BCUT2D eigenvalue weighted by atomic mass is 19.1. The van der Waals surface area contributed by atoms with Crippen LogP contribution >= 0.6 is 0 Å². The monoisotopic (exact) mass is 456 g/mol. The normalized spacial score (nSPS) is 15.9. The maximum absolute atomic E-state index is 14.3. The zero-order chi connectivity index (χ0) is 23.7. The van der Waals surface area contributed by atoms with E-state index in [1.165, 1.54) is 6.08 Å². The van der Waals surface area contributed by atoms with Gasteiger partial charge >= 0.3 is 0 Å². The van der Waals surface area contributed by atoms with Gasteiger partial charge in [0.2, 0.25) is 5.91 Å². The Bertz CT molecular complexity index is 1360. The third kappa shape index (κ3) is 4.05. The van der Waals surface area contributed by atoms with Crippen molar-refractivity contribution >= 4 is 16.8 Å². The van der Waals surface area contributed by atoms with Gasteiger partial charge in [0.1, 0.15) is 11.4 Å². The van der Waals surface area contributed by atoms with Gasteiger partial charge in [0.25, 0.3) is 0 Å². The third-order valence-electron chi connectivity index (χ3n) is 6.25. The van der Waals surface area contributed by atoms with Gasteiger partial charge in [-0.15, -0.1) is 0 Å². The first kappa shape index (κ1) is 21.8. The van der Waals surface area contributed by atoms with Gasteiger partial charge in [-0.2, -0.15) is 5.10 Å². The average molecular weight is 457 g/mol. The lowest BCUT2D eigenvalue weighted by atomic mass is 10.1. The molecule has 1 fully saturated rings. The third-order valence-corrected chi connectivity index (χ3v) is 6.25. The highest BCUT2D eigenvalue weighted by Gasteiger charge is 2.26. The lowest BCUT2D eigenvalue weighted by molar-refractivity contribution is -0.127. The smallest absolute Gasteiger partial charge is 0.246 e. The average Bonchev–Trinajstić information content (AvgIpc) is 3.27. The van der Waals surface area contributed by atoms with Crippen molar-refractivity contribution in [2.45, 2.75) is 25.8 Å². The van der Waals surface area contributed by atoms with Crippen molar-refractivity contribution in [2.24, 2.45) is 0 Å². The summed E-state index contributed by atoms with van der Waals surface area (Å²) in [7, 11) is 0. The van der Waals surface area contributed by atoms with E-state index >= 15 is 0 Å². The molecule has 0 saturated carbocycles. The number of aromatic nitrogens is 3. The molecule has 5 rings (SSSR count). The Balaban J connectivity index is 1.46. The van der Waals surface area contributed by atoms with Crippen LogP contribution in [0.5, 0.6) is 11.5 Å². The lowest BCUT2D eigenvalue weighted by Gasteiger charge is -2.32. The van der Waals surface area contributed by atoms with Crippen molar-refractivity contribution in [1.29, 1.82) is 0 Å². The number of benzene rings is 2. The summed E-state index contributed by atoms with van der Waals surface area (Å²) < 4.78 is 22.1. The highest BCUT2D eigenvalue weighted by molar-refractivity contribution is 5.93. The molecule has 4 aromatic rings. The summed E-state index contributed by atoms with van der Waals surface area (Å²) in [5.74, 6) is 0.325. The van der Waals surface area contributed by atoms with E-state index in [0.29, 0.717) is 17.9 Å². The maximum atomic E-state index is 14.3. The van der Waals surface area contributed by atoms with Crippen LogP contribution in [0.15, 0.2) is 73.6 Å². The Kier molecular flexibility index (Phi) is 5.84. The number of halogens is 1. The van der Waals surface area contributed by atoms with E-state index in [-0.39, 0.29) is 23.5 Å². The predicted octanol–water partition coefficient (Wildman–Crippen LogP) is 5.69. The second-order valence-electron chi connectivity index (χ2n) is 8.48. The molecule has 34 heavy (non-hydrogen) atoms. The van der Waals surface area contributed by atoms with Crippen molar-refractivity contribution in [1.82, 2.24) is 19.7 Å². The fourth-order valence-corrected chi connectivity index (χ4v) is 4.47. The second-order valence-corrected chi connectivity index (χ2v) is 8.48. The number of nitrogens with zero attached hydrogens (tertiary/aromatic N) is 4. The van der Waals surface area contributed by atoms with Gasteiger partial charge in [0.15, 0.2) is 11.6 Å². The fraction of sp³-hybridized carbons (Fsp3) is 0.222. The minimum absolute atomic E-state index is 0.0521. The number of carbonyl (C=O) groups is 1. The van der Waals surface area contributed by atoms with Gasteiger partial charge in [-0.05, 0) is 67.8 Å². The summed E-state index contributed by atoms with van der Waals surface area (Å²) in [4.78, 5) is 18.3. The van der Waals surface area contributed by atoms with E-state index in [4.69, 9.17) is 9.84 Å². The highest BCUT2D eigenvalue weighted by Crippen LogP contribution is 2.34. The summed E-state index contributed by atoms with van der Waals surface area (Å²) >= 11 is 0. The Labute approximate surface area is 197 Å². The van der Waals surface area contributed by atoms with Crippen LogP contribution in [0, 0.1) is 12.7 Å². The van der Waals surface area contributed by atoms with Crippen LogP contribution in [0.1, 0.15) is 24.4 Å². The molecule has 2 aromatic carbocycles. The summed E-state index contributed by atoms with van der Waals surface area (Å²) in [5.41, 5.74) is 3.23. The van der Waals surface area contributed by atoms with Gasteiger partial charge in [0, 0.05) is 36.4 Å². The molecule has 172 valence electrons. The first-order chi connectivity index (χ1) is 16.5. The van der Waals surface area contributed by atoms with Gasteiger partial charge in [0.05, 0.1) is 11.6 Å². The minimum atomic E-state index is -0.362. The van der Waals surface area contributed by atoms with Gasteiger partial charge in [-0.1, -0.05) is 18.7 Å². The summed E-state index contributed by atoms with van der Waals surface area (Å²) in [6, 6.07) is 14.6. The summed E-state index contributed by atoms with van der Waals surface area (Å²) in [6.45, 7) is 6.65. The Morgan fingerprint density at radius 2 is 2.03 bits per heavy atom. The number of aryl methyl sites for hydroxylation is 1. The number of hydrogen-bond acceptors (Lipinski definition) is 4. The molecule has 3 heterocycles. The SMILES string of the molecule is C=CC(=O)N1CCCC(n2nc(-c3ccc(Oc4cccc(C)c4F)cc3)c3cnccc32)C1. The molecule has 1 atom stereocenters. The quantitative estimate of drug-likeness (QED) is 0.362. The van der Waals surface area contributed by atoms with E-state index < -0.39 is 0 Å². The van der Waals surface area contributed by atoms with E-state index in [2.05, 4.69) is 11.6 Å². The van der Waals surface area contributed by atoms with Crippen LogP contribution in [-0.2, 0) is 4.79 Å². The Hall–Kier alpha value is -4.00. The molecule has 0 radical (unpaired) electrons. The van der Waals surface area contributed by atoms with Crippen LogP contribution in [0.4, 0.5) is 4.39 Å². The summed E-state index contributed by atoms with van der Waals surface area (Å²) in [6.07, 6.45) is 6.79. The maximum Gasteiger partial charge on any atom is 0.246 e. The van der Waals surface area contributed by atoms with E-state index in [1.54, 1.807) is 31.3 Å². The van der Waals surface area contributed by atoms with Crippen LogP contribution < -0.4 is 4.74 Å². The molecular formula is C27H25FN4O2. The van der Waals surface area contributed by atoms with Crippen molar-refractivity contribution in [3.05, 3.63) is 85.0 Å². The number of hydrogen-bond donors (Lipinski definition) is 0. The number of carbonyl (C=O) groups excluding carboxylic acids is 1. The number of piperidine rings is 1. The molecule has 0 spiro atoms. The molecule has 7 heteroatoms. The number of pyridine rings is 1. The molecule has 0 N–H and O–H groups in total. The Morgan fingerprint density at radius 3 is 2.82 bits per heavy atom. The minimum Gasteiger partial charge on any atom is -0.454 e. The van der Waals surface area contributed by atoms with Gasteiger partial charge in [-0.25, -0.2) is 4.39 Å². The molecule has 6 nitrogen and oxygen atoms in total. The molecule has 0 aliphatic carbocycles. The summed E-state index contributed by atoms with van der Waals surface area (Å²) in [5, 5.41) is 5.89.